The molecule has 1 aromatic heterocycles. The van der Waals surface area contributed by atoms with Gasteiger partial charge in [0.25, 0.3) is 11.6 Å². The standard InChI is InChI=1S/C14H9N3O6/c1-16-13(19)9(15-14(16)20)6-8-7-2-5-12(18)23-11(7)4-3-10(8)17(21)22/h2-5H,6H2,1H3. The van der Waals surface area contributed by atoms with Crippen LogP contribution in [0.2, 0.25) is 0 Å². The van der Waals surface area contributed by atoms with Gasteiger partial charge in [0.05, 0.1) is 4.92 Å². The smallest absolute Gasteiger partial charge is 0.350 e. The Morgan fingerprint density at radius 1 is 1.22 bits per heavy atom. The van der Waals surface area contributed by atoms with E-state index in [-0.39, 0.29) is 29.0 Å². The first-order valence-corrected chi connectivity index (χ1v) is 6.48. The zero-order chi connectivity index (χ0) is 16.7. The molecule has 0 spiro atoms. The Hall–Kier alpha value is -3.36. The minimum absolute atomic E-state index is 0.0979. The summed E-state index contributed by atoms with van der Waals surface area (Å²) in [5.41, 5.74) is -0.625. The highest BCUT2D eigenvalue weighted by Crippen LogP contribution is 2.28. The predicted octanol–water partition coefficient (Wildman–Crippen LogP) is 1.28. The molecule has 1 aliphatic rings. The number of aliphatic imine (C=N–C) groups is 1. The fourth-order valence-electron chi connectivity index (χ4n) is 2.36. The molecule has 9 nitrogen and oxygen atoms in total. The zero-order valence-electron chi connectivity index (χ0n) is 11.8. The quantitative estimate of drug-likeness (QED) is 0.477. The van der Waals surface area contributed by atoms with Gasteiger partial charge in [0.15, 0.2) is 0 Å². The van der Waals surface area contributed by atoms with Gasteiger partial charge in [0.1, 0.15) is 11.3 Å². The van der Waals surface area contributed by atoms with Gasteiger partial charge in [-0.3, -0.25) is 19.8 Å². The summed E-state index contributed by atoms with van der Waals surface area (Å²) < 4.78 is 4.99. The summed E-state index contributed by atoms with van der Waals surface area (Å²) in [5.74, 6) is -0.612. The molecule has 3 rings (SSSR count). The number of nitro benzene ring substituents is 1. The first kappa shape index (κ1) is 14.6. The van der Waals surface area contributed by atoms with Crippen LogP contribution in [0.25, 0.3) is 11.0 Å². The van der Waals surface area contributed by atoms with Gasteiger partial charge in [0, 0.05) is 36.6 Å². The number of rotatable bonds is 3. The summed E-state index contributed by atoms with van der Waals surface area (Å²) in [6.45, 7) is 0. The Labute approximate surface area is 128 Å². The van der Waals surface area contributed by atoms with E-state index in [1.165, 1.54) is 25.2 Å². The lowest BCUT2D eigenvalue weighted by atomic mass is 10.0. The first-order chi connectivity index (χ1) is 10.9. The second-order valence-electron chi connectivity index (χ2n) is 4.87. The number of hydrogen-bond acceptors (Lipinski definition) is 6. The molecule has 23 heavy (non-hydrogen) atoms. The van der Waals surface area contributed by atoms with Gasteiger partial charge in [-0.15, -0.1) is 0 Å². The fraction of sp³-hybridized carbons (Fsp3) is 0.143. The minimum atomic E-state index is -0.723. The van der Waals surface area contributed by atoms with Crippen LogP contribution < -0.4 is 5.63 Å². The number of nitro groups is 1. The fourth-order valence-corrected chi connectivity index (χ4v) is 2.36. The van der Waals surface area contributed by atoms with Crippen molar-refractivity contribution in [2.75, 3.05) is 7.05 Å². The van der Waals surface area contributed by atoms with E-state index in [0.717, 1.165) is 11.0 Å². The summed E-state index contributed by atoms with van der Waals surface area (Å²) >= 11 is 0. The second kappa shape index (κ2) is 5.13. The van der Waals surface area contributed by atoms with Crippen LogP contribution in [0.3, 0.4) is 0 Å². The number of carbonyl (C=O) groups is 2. The normalized spacial score (nSPS) is 14.5. The number of benzene rings is 1. The molecular formula is C14H9N3O6. The van der Waals surface area contributed by atoms with E-state index in [2.05, 4.69) is 4.99 Å². The van der Waals surface area contributed by atoms with Gasteiger partial charge < -0.3 is 4.42 Å². The lowest BCUT2D eigenvalue weighted by molar-refractivity contribution is -0.385. The van der Waals surface area contributed by atoms with Crippen molar-refractivity contribution in [3.8, 4) is 0 Å². The molecular weight excluding hydrogens is 306 g/mol. The van der Waals surface area contributed by atoms with Crippen LogP contribution >= 0.6 is 0 Å². The van der Waals surface area contributed by atoms with Crippen LogP contribution in [0.1, 0.15) is 5.56 Å². The predicted molar refractivity (Wildman–Crippen MR) is 78.4 cm³/mol. The number of amides is 3. The molecule has 0 saturated heterocycles. The summed E-state index contributed by atoms with van der Waals surface area (Å²) in [7, 11) is 1.28. The van der Waals surface area contributed by atoms with Gasteiger partial charge >= 0.3 is 11.7 Å². The second-order valence-corrected chi connectivity index (χ2v) is 4.87. The van der Waals surface area contributed by atoms with Crippen LogP contribution in [0.4, 0.5) is 10.5 Å². The van der Waals surface area contributed by atoms with Crippen molar-refractivity contribution in [3.05, 3.63) is 50.4 Å². The van der Waals surface area contributed by atoms with E-state index in [1.54, 1.807) is 0 Å². The molecule has 0 atom stereocenters. The molecule has 0 fully saturated rings. The maximum Gasteiger partial charge on any atom is 0.350 e. The molecule has 1 aromatic carbocycles. The molecule has 0 unspecified atom stereocenters. The molecule has 1 aliphatic heterocycles. The molecule has 0 radical (unpaired) electrons. The van der Waals surface area contributed by atoms with Crippen molar-refractivity contribution in [2.24, 2.45) is 4.99 Å². The number of carbonyl (C=O) groups excluding carboxylic acids is 2. The summed E-state index contributed by atoms with van der Waals surface area (Å²) in [4.78, 5) is 49.7. The highest BCUT2D eigenvalue weighted by atomic mass is 16.6. The molecule has 3 amide bonds. The number of nitrogens with zero attached hydrogens (tertiary/aromatic N) is 3. The number of hydrogen-bond donors (Lipinski definition) is 0. The van der Waals surface area contributed by atoms with Gasteiger partial charge in [-0.1, -0.05) is 0 Å². The SMILES string of the molecule is CN1C(=O)N=C(Cc2c([N+](=O)[O-])ccc3oc(=O)ccc23)C1=O. The Balaban J connectivity index is 2.19. The third kappa shape index (κ3) is 2.37. The molecule has 116 valence electrons. The van der Waals surface area contributed by atoms with E-state index < -0.39 is 22.5 Å². The molecule has 2 heterocycles. The highest BCUT2D eigenvalue weighted by molar-refractivity contribution is 6.46. The average molecular weight is 315 g/mol. The Bertz CT molecular complexity index is 959. The molecule has 2 aromatic rings. The Morgan fingerprint density at radius 2 is 1.96 bits per heavy atom. The highest BCUT2D eigenvalue weighted by Gasteiger charge is 2.32. The maximum atomic E-state index is 11.9. The van der Waals surface area contributed by atoms with Gasteiger partial charge in [-0.05, 0) is 12.1 Å². The monoisotopic (exact) mass is 315 g/mol. The van der Waals surface area contributed by atoms with E-state index in [1.807, 2.05) is 0 Å². The minimum Gasteiger partial charge on any atom is -0.423 e. The van der Waals surface area contributed by atoms with Gasteiger partial charge in [-0.2, -0.15) is 4.99 Å². The van der Waals surface area contributed by atoms with Crippen LogP contribution in [0.5, 0.6) is 0 Å². The van der Waals surface area contributed by atoms with E-state index in [4.69, 9.17) is 4.42 Å². The third-order valence-corrected chi connectivity index (χ3v) is 3.50. The van der Waals surface area contributed by atoms with Crippen LogP contribution in [0, 0.1) is 10.1 Å². The lowest BCUT2D eigenvalue weighted by Crippen LogP contribution is -2.29. The summed E-state index contributed by atoms with van der Waals surface area (Å²) in [6.07, 6.45) is -0.212. The summed E-state index contributed by atoms with van der Waals surface area (Å²) in [6, 6.07) is 4.29. The Morgan fingerprint density at radius 3 is 2.57 bits per heavy atom. The van der Waals surface area contributed by atoms with Crippen molar-refractivity contribution in [3.63, 3.8) is 0 Å². The van der Waals surface area contributed by atoms with Crippen molar-refractivity contribution in [1.82, 2.24) is 4.90 Å². The van der Waals surface area contributed by atoms with Crippen molar-refractivity contribution >= 4 is 34.3 Å². The van der Waals surface area contributed by atoms with Gasteiger partial charge in [-0.25, -0.2) is 9.59 Å². The van der Waals surface area contributed by atoms with Crippen molar-refractivity contribution in [2.45, 2.75) is 6.42 Å². The first-order valence-electron chi connectivity index (χ1n) is 6.48. The third-order valence-electron chi connectivity index (χ3n) is 3.50. The zero-order valence-corrected chi connectivity index (χ0v) is 11.8. The summed E-state index contributed by atoms with van der Waals surface area (Å²) in [5, 5.41) is 11.5. The number of imide groups is 1. The van der Waals surface area contributed by atoms with Crippen LogP contribution in [0.15, 0.2) is 38.5 Å². The van der Waals surface area contributed by atoms with E-state index in [0.29, 0.717) is 5.39 Å². The van der Waals surface area contributed by atoms with E-state index in [9.17, 15) is 24.5 Å². The van der Waals surface area contributed by atoms with E-state index >= 15 is 0 Å². The molecule has 0 N–H and O–H groups in total. The molecule has 0 saturated carbocycles. The maximum absolute atomic E-state index is 11.9. The Kier molecular flexibility index (Phi) is 3.25. The number of fused-ring (bicyclic) bond motifs is 1. The largest absolute Gasteiger partial charge is 0.423 e. The van der Waals surface area contributed by atoms with Crippen molar-refractivity contribution in [1.29, 1.82) is 0 Å². The van der Waals surface area contributed by atoms with Gasteiger partial charge in [0.2, 0.25) is 0 Å². The van der Waals surface area contributed by atoms with Crippen LogP contribution in [-0.2, 0) is 11.2 Å². The molecule has 9 heteroatoms. The average Bonchev–Trinajstić information content (AvgIpc) is 2.74. The van der Waals surface area contributed by atoms with Crippen LogP contribution in [-0.4, -0.2) is 34.5 Å². The topological polar surface area (TPSA) is 123 Å². The molecule has 0 bridgehead atoms. The lowest BCUT2D eigenvalue weighted by Gasteiger charge is -2.07. The number of urea groups is 1. The van der Waals surface area contributed by atoms with Crippen molar-refractivity contribution < 1.29 is 18.9 Å². The molecule has 0 aliphatic carbocycles.